The summed E-state index contributed by atoms with van der Waals surface area (Å²) in [4.78, 5) is 14.3. The monoisotopic (exact) mass is 286 g/mol. The van der Waals surface area contributed by atoms with Crippen LogP contribution in [-0.4, -0.2) is 54.9 Å². The van der Waals surface area contributed by atoms with Gasteiger partial charge in [-0.25, -0.2) is 0 Å². The molecule has 1 saturated heterocycles. The third kappa shape index (κ3) is 5.77. The molecule has 0 radical (unpaired) electrons. The molecular formula is C15H30N2O3. The minimum absolute atomic E-state index is 0.0962. The SMILES string of the molecule is CCCCCCCN(CCCO)C(=O)C1COCC1N. The zero-order chi connectivity index (χ0) is 14.8. The molecule has 1 aliphatic rings. The van der Waals surface area contributed by atoms with E-state index in [9.17, 15) is 4.79 Å². The lowest BCUT2D eigenvalue weighted by atomic mass is 10.0. The number of nitrogens with zero attached hydrogens (tertiary/aromatic N) is 1. The van der Waals surface area contributed by atoms with Gasteiger partial charge in [0.2, 0.25) is 5.91 Å². The summed E-state index contributed by atoms with van der Waals surface area (Å²) in [5.74, 6) is -0.108. The van der Waals surface area contributed by atoms with Crippen molar-refractivity contribution in [3.8, 4) is 0 Å². The first-order chi connectivity index (χ1) is 9.70. The van der Waals surface area contributed by atoms with E-state index in [1.54, 1.807) is 0 Å². The number of ether oxygens (including phenoxy) is 1. The van der Waals surface area contributed by atoms with Gasteiger partial charge in [-0.2, -0.15) is 0 Å². The van der Waals surface area contributed by atoms with Crippen LogP contribution in [0.15, 0.2) is 0 Å². The highest BCUT2D eigenvalue weighted by Gasteiger charge is 2.33. The molecule has 1 heterocycles. The van der Waals surface area contributed by atoms with Gasteiger partial charge in [-0.1, -0.05) is 32.6 Å². The number of hydrogen-bond acceptors (Lipinski definition) is 4. The van der Waals surface area contributed by atoms with Gasteiger partial charge in [-0.05, 0) is 12.8 Å². The second kappa shape index (κ2) is 10.1. The van der Waals surface area contributed by atoms with E-state index >= 15 is 0 Å². The number of unbranched alkanes of at least 4 members (excludes halogenated alkanes) is 4. The molecule has 0 aromatic carbocycles. The number of amides is 1. The molecule has 20 heavy (non-hydrogen) atoms. The third-order valence-corrected chi connectivity index (χ3v) is 3.87. The van der Waals surface area contributed by atoms with Crippen molar-refractivity contribution in [2.24, 2.45) is 11.7 Å². The lowest BCUT2D eigenvalue weighted by molar-refractivity contribution is -0.136. The van der Waals surface area contributed by atoms with Crippen molar-refractivity contribution < 1.29 is 14.6 Å². The fourth-order valence-corrected chi connectivity index (χ4v) is 2.56. The highest BCUT2D eigenvalue weighted by atomic mass is 16.5. The van der Waals surface area contributed by atoms with Gasteiger partial charge >= 0.3 is 0 Å². The van der Waals surface area contributed by atoms with Crippen molar-refractivity contribution in [3.63, 3.8) is 0 Å². The zero-order valence-corrected chi connectivity index (χ0v) is 12.7. The second-order valence-electron chi connectivity index (χ2n) is 5.62. The van der Waals surface area contributed by atoms with Crippen LogP contribution in [0.1, 0.15) is 45.4 Å². The first kappa shape index (κ1) is 17.4. The number of rotatable bonds is 10. The van der Waals surface area contributed by atoms with E-state index in [0.29, 0.717) is 26.2 Å². The molecule has 1 fully saturated rings. The Balaban J connectivity index is 2.39. The van der Waals surface area contributed by atoms with Gasteiger partial charge < -0.3 is 20.5 Å². The fourth-order valence-electron chi connectivity index (χ4n) is 2.56. The van der Waals surface area contributed by atoms with Crippen molar-refractivity contribution in [1.29, 1.82) is 0 Å². The summed E-state index contributed by atoms with van der Waals surface area (Å²) in [5, 5.41) is 8.97. The molecular weight excluding hydrogens is 256 g/mol. The van der Waals surface area contributed by atoms with E-state index < -0.39 is 0 Å². The molecule has 1 rings (SSSR count). The number of aliphatic hydroxyl groups is 1. The Morgan fingerprint density at radius 2 is 1.90 bits per heavy atom. The van der Waals surface area contributed by atoms with Crippen molar-refractivity contribution >= 4 is 5.91 Å². The molecule has 1 aliphatic heterocycles. The van der Waals surface area contributed by atoms with Crippen LogP contribution in [0.5, 0.6) is 0 Å². The number of nitrogens with two attached hydrogens (primary N) is 1. The highest BCUT2D eigenvalue weighted by Crippen LogP contribution is 2.16. The molecule has 3 N–H and O–H groups in total. The first-order valence-electron chi connectivity index (χ1n) is 7.93. The number of aliphatic hydroxyl groups excluding tert-OH is 1. The fraction of sp³-hybridized carbons (Fsp3) is 0.933. The van der Waals surface area contributed by atoms with E-state index in [1.807, 2.05) is 4.90 Å². The van der Waals surface area contributed by atoms with E-state index in [2.05, 4.69) is 6.92 Å². The van der Waals surface area contributed by atoms with Crippen LogP contribution in [0.4, 0.5) is 0 Å². The van der Waals surface area contributed by atoms with Gasteiger partial charge in [0, 0.05) is 25.7 Å². The summed E-state index contributed by atoms with van der Waals surface area (Å²) in [5.41, 5.74) is 5.92. The topological polar surface area (TPSA) is 75.8 Å². The average molecular weight is 286 g/mol. The number of carbonyl (C=O) groups excluding carboxylic acids is 1. The van der Waals surface area contributed by atoms with E-state index in [1.165, 1.54) is 19.3 Å². The summed E-state index contributed by atoms with van der Waals surface area (Å²) in [6.45, 7) is 4.61. The minimum atomic E-state index is -0.204. The normalized spacial score (nSPS) is 22.1. The molecule has 5 heteroatoms. The molecule has 0 aromatic rings. The van der Waals surface area contributed by atoms with Crippen molar-refractivity contribution in [3.05, 3.63) is 0 Å². The lowest BCUT2D eigenvalue weighted by Gasteiger charge is -2.26. The molecule has 2 unspecified atom stereocenters. The molecule has 0 bridgehead atoms. The highest BCUT2D eigenvalue weighted by molar-refractivity contribution is 5.80. The van der Waals surface area contributed by atoms with Gasteiger partial charge in [-0.3, -0.25) is 4.79 Å². The van der Waals surface area contributed by atoms with Gasteiger partial charge in [0.05, 0.1) is 19.1 Å². The maximum atomic E-state index is 12.5. The standard InChI is InChI=1S/C15H30N2O3/c1-2-3-4-5-6-8-17(9-7-10-18)15(19)13-11-20-12-14(13)16/h13-14,18H,2-12,16H2,1H3. The van der Waals surface area contributed by atoms with E-state index in [-0.39, 0.29) is 24.5 Å². The summed E-state index contributed by atoms with van der Waals surface area (Å²) < 4.78 is 5.28. The Hall–Kier alpha value is -0.650. The summed E-state index contributed by atoms with van der Waals surface area (Å²) in [6.07, 6.45) is 6.52. The number of carbonyl (C=O) groups is 1. The van der Waals surface area contributed by atoms with Crippen LogP contribution in [0.25, 0.3) is 0 Å². The van der Waals surface area contributed by atoms with Crippen molar-refractivity contribution in [1.82, 2.24) is 4.90 Å². The summed E-state index contributed by atoms with van der Waals surface area (Å²) in [7, 11) is 0. The van der Waals surface area contributed by atoms with Gasteiger partial charge in [0.25, 0.3) is 0 Å². The molecule has 0 saturated carbocycles. The van der Waals surface area contributed by atoms with Crippen LogP contribution >= 0.6 is 0 Å². The van der Waals surface area contributed by atoms with Crippen LogP contribution in [-0.2, 0) is 9.53 Å². The maximum absolute atomic E-state index is 12.5. The Morgan fingerprint density at radius 3 is 2.50 bits per heavy atom. The molecule has 1 amide bonds. The van der Waals surface area contributed by atoms with Crippen molar-refractivity contribution in [2.75, 3.05) is 32.9 Å². The smallest absolute Gasteiger partial charge is 0.229 e. The van der Waals surface area contributed by atoms with E-state index in [4.69, 9.17) is 15.6 Å². The molecule has 0 aliphatic carbocycles. The van der Waals surface area contributed by atoms with E-state index in [0.717, 1.165) is 19.4 Å². The third-order valence-electron chi connectivity index (χ3n) is 3.87. The van der Waals surface area contributed by atoms with Crippen LogP contribution in [0, 0.1) is 5.92 Å². The summed E-state index contributed by atoms with van der Waals surface area (Å²) in [6, 6.07) is -0.181. The van der Waals surface area contributed by atoms with Gasteiger partial charge in [0.1, 0.15) is 0 Å². The average Bonchev–Trinajstić information content (AvgIpc) is 2.87. The Morgan fingerprint density at radius 1 is 1.20 bits per heavy atom. The van der Waals surface area contributed by atoms with Crippen molar-refractivity contribution in [2.45, 2.75) is 51.5 Å². The molecule has 2 atom stereocenters. The minimum Gasteiger partial charge on any atom is -0.396 e. The number of hydrogen-bond donors (Lipinski definition) is 2. The molecule has 0 spiro atoms. The van der Waals surface area contributed by atoms with Crippen LogP contribution in [0.2, 0.25) is 0 Å². The van der Waals surface area contributed by atoms with Crippen LogP contribution in [0.3, 0.4) is 0 Å². The lowest BCUT2D eigenvalue weighted by Crippen LogP contribution is -2.44. The zero-order valence-electron chi connectivity index (χ0n) is 12.7. The Bertz CT molecular complexity index is 274. The molecule has 0 aromatic heterocycles. The first-order valence-corrected chi connectivity index (χ1v) is 7.93. The van der Waals surface area contributed by atoms with Crippen LogP contribution < -0.4 is 5.73 Å². The largest absolute Gasteiger partial charge is 0.396 e. The predicted octanol–water partition coefficient (Wildman–Crippen LogP) is 1.14. The predicted molar refractivity (Wildman–Crippen MR) is 79.3 cm³/mol. The maximum Gasteiger partial charge on any atom is 0.229 e. The summed E-state index contributed by atoms with van der Waals surface area (Å²) >= 11 is 0. The quantitative estimate of drug-likeness (QED) is 0.591. The molecule has 5 nitrogen and oxygen atoms in total. The second-order valence-corrected chi connectivity index (χ2v) is 5.62. The Kier molecular flexibility index (Phi) is 8.82. The molecule has 118 valence electrons. The Labute approximate surface area is 122 Å². The van der Waals surface area contributed by atoms with Gasteiger partial charge in [0.15, 0.2) is 0 Å². The van der Waals surface area contributed by atoms with Gasteiger partial charge in [-0.15, -0.1) is 0 Å².